The van der Waals surface area contributed by atoms with Crippen LogP contribution >= 0.6 is 0 Å². The predicted molar refractivity (Wildman–Crippen MR) is 173 cm³/mol. The average molecular weight is 662 g/mol. The molecule has 6 atom stereocenters. The maximum absolute atomic E-state index is 13.9. The van der Waals surface area contributed by atoms with E-state index in [1.54, 1.807) is 16.7 Å². The molecule has 0 aromatic heterocycles. The number of aliphatic hydroxyl groups excluding tert-OH is 1. The first-order valence-corrected chi connectivity index (χ1v) is 18.8. The van der Waals surface area contributed by atoms with Crippen molar-refractivity contribution >= 4 is 38.0 Å². The summed E-state index contributed by atoms with van der Waals surface area (Å²) >= 11 is 0. The second kappa shape index (κ2) is 15.4. The van der Waals surface area contributed by atoms with Gasteiger partial charge in [-0.05, 0) is 50.4 Å². The number of alkyl carbamates (subject to hydrolysis) is 1. The SMILES string of the molecule is C[C@@H](O)[C@H](NC(=O)[C@@H]1CCN(C(=O)[C@@H]2CCN(C(=O)[C@@H](NC(=O)OCc3ccccc3)[C@@H](C)O[Si](C)(C)C(C)(C)C)C2)C1)C(N)=O. The standard InChI is InChI=1S/C32H51N5O8Si/c1-20(38)25(27(33)39)34-28(40)23-13-15-36(17-23)29(41)24-14-16-37(18-24)30(42)26(21(2)45-46(6,7)32(3,4)5)35-31(43)44-19-22-11-9-8-10-12-22/h8-12,20-21,23-26,38H,13-19H2,1-7H3,(H2,33,39)(H,34,40)(H,35,43)/t20-,21-,23-,24-,25+,26+/m1/s1. The largest absolute Gasteiger partial charge is 0.445 e. The van der Waals surface area contributed by atoms with Gasteiger partial charge in [-0.3, -0.25) is 19.2 Å². The number of nitrogens with one attached hydrogen (secondary N) is 2. The third-order valence-corrected chi connectivity index (χ3v) is 13.9. The van der Waals surface area contributed by atoms with Gasteiger partial charge in [0.15, 0.2) is 8.32 Å². The fourth-order valence-corrected chi connectivity index (χ4v) is 6.89. The number of hydrogen-bond donors (Lipinski definition) is 4. The van der Waals surface area contributed by atoms with Crippen molar-refractivity contribution in [3.8, 4) is 0 Å². The molecule has 2 aliphatic rings. The summed E-state index contributed by atoms with van der Waals surface area (Å²) < 4.78 is 11.9. The highest BCUT2D eigenvalue weighted by Gasteiger charge is 2.44. The van der Waals surface area contributed by atoms with E-state index in [0.29, 0.717) is 25.9 Å². The zero-order valence-electron chi connectivity index (χ0n) is 28.1. The Morgan fingerprint density at radius 1 is 0.957 bits per heavy atom. The molecule has 0 saturated carbocycles. The maximum Gasteiger partial charge on any atom is 0.408 e. The van der Waals surface area contributed by atoms with Crippen LogP contribution in [0.15, 0.2) is 30.3 Å². The molecule has 13 nitrogen and oxygen atoms in total. The van der Waals surface area contributed by atoms with Gasteiger partial charge in [-0.2, -0.15) is 0 Å². The van der Waals surface area contributed by atoms with Crippen molar-refractivity contribution in [1.29, 1.82) is 0 Å². The van der Waals surface area contributed by atoms with Gasteiger partial charge in [-0.1, -0.05) is 51.1 Å². The van der Waals surface area contributed by atoms with Crippen molar-refractivity contribution in [3.05, 3.63) is 35.9 Å². The van der Waals surface area contributed by atoms with Crippen molar-refractivity contribution in [2.45, 2.75) is 96.5 Å². The number of amides is 5. The number of hydrogen-bond acceptors (Lipinski definition) is 8. The van der Waals surface area contributed by atoms with Crippen molar-refractivity contribution in [2.24, 2.45) is 17.6 Å². The fraction of sp³-hybridized carbons (Fsp3) is 0.656. The highest BCUT2D eigenvalue weighted by atomic mass is 28.4. The number of ether oxygens (including phenoxy) is 1. The number of benzene rings is 1. The molecule has 3 rings (SSSR count). The molecule has 5 amide bonds. The van der Waals surface area contributed by atoms with E-state index in [-0.39, 0.29) is 36.5 Å². The van der Waals surface area contributed by atoms with E-state index in [1.165, 1.54) is 6.92 Å². The highest BCUT2D eigenvalue weighted by molar-refractivity contribution is 6.74. The minimum Gasteiger partial charge on any atom is -0.445 e. The molecule has 0 radical (unpaired) electrons. The van der Waals surface area contributed by atoms with Crippen molar-refractivity contribution < 1.29 is 38.2 Å². The van der Waals surface area contributed by atoms with Crippen LogP contribution in [0.5, 0.6) is 0 Å². The van der Waals surface area contributed by atoms with E-state index in [4.69, 9.17) is 14.9 Å². The molecule has 2 heterocycles. The summed E-state index contributed by atoms with van der Waals surface area (Å²) in [6.07, 6.45) is -1.71. The lowest BCUT2D eigenvalue weighted by Gasteiger charge is -2.40. The number of carbonyl (C=O) groups excluding carboxylic acids is 5. The van der Waals surface area contributed by atoms with Gasteiger partial charge in [0.1, 0.15) is 18.7 Å². The molecule has 2 aliphatic heterocycles. The first-order valence-electron chi connectivity index (χ1n) is 15.9. The third kappa shape index (κ3) is 9.52. The van der Waals surface area contributed by atoms with Gasteiger partial charge >= 0.3 is 6.09 Å². The summed E-state index contributed by atoms with van der Waals surface area (Å²) in [7, 11) is -2.32. The van der Waals surface area contributed by atoms with Gasteiger partial charge in [-0.15, -0.1) is 0 Å². The lowest BCUT2D eigenvalue weighted by atomic mass is 10.1. The Hall–Kier alpha value is -3.49. The van der Waals surface area contributed by atoms with Crippen molar-refractivity contribution in [1.82, 2.24) is 20.4 Å². The Labute approximate surface area is 272 Å². The number of likely N-dealkylation sites (tertiary alicyclic amines) is 2. The molecule has 1 aromatic rings. The number of carbonyl (C=O) groups is 5. The van der Waals surface area contributed by atoms with Crippen LogP contribution in [0.3, 0.4) is 0 Å². The second-order valence-electron chi connectivity index (χ2n) is 13.9. The van der Waals surface area contributed by atoms with E-state index in [0.717, 1.165) is 5.56 Å². The highest BCUT2D eigenvalue weighted by Crippen LogP contribution is 2.38. The minimum atomic E-state index is -2.32. The van der Waals surface area contributed by atoms with Gasteiger partial charge in [0, 0.05) is 26.2 Å². The van der Waals surface area contributed by atoms with Gasteiger partial charge in [-0.25, -0.2) is 4.79 Å². The average Bonchev–Trinajstić information content (AvgIpc) is 3.67. The van der Waals surface area contributed by atoms with Crippen LogP contribution in [0, 0.1) is 11.8 Å². The van der Waals surface area contributed by atoms with Crippen LogP contribution in [-0.2, 0) is 34.9 Å². The number of rotatable bonds is 12. The number of nitrogens with two attached hydrogens (primary N) is 1. The zero-order valence-corrected chi connectivity index (χ0v) is 29.1. The summed E-state index contributed by atoms with van der Waals surface area (Å²) in [5.41, 5.74) is 6.10. The van der Waals surface area contributed by atoms with Gasteiger partial charge in [0.25, 0.3) is 0 Å². The van der Waals surface area contributed by atoms with E-state index < -0.39 is 62.4 Å². The van der Waals surface area contributed by atoms with Crippen molar-refractivity contribution in [3.63, 3.8) is 0 Å². The van der Waals surface area contributed by atoms with E-state index in [9.17, 15) is 29.1 Å². The Bertz CT molecular complexity index is 1250. The van der Waals surface area contributed by atoms with Gasteiger partial charge in [0.05, 0.1) is 24.0 Å². The molecule has 0 bridgehead atoms. The molecule has 2 saturated heterocycles. The van der Waals surface area contributed by atoms with Crippen LogP contribution in [0.4, 0.5) is 4.79 Å². The summed E-state index contributed by atoms with van der Waals surface area (Å²) in [6.45, 7) is 14.6. The minimum absolute atomic E-state index is 0.0441. The maximum atomic E-state index is 13.9. The Morgan fingerprint density at radius 3 is 2.13 bits per heavy atom. The number of primary amides is 1. The zero-order chi connectivity index (χ0) is 34.4. The van der Waals surface area contributed by atoms with Crippen LogP contribution in [0.25, 0.3) is 0 Å². The summed E-state index contributed by atoms with van der Waals surface area (Å²) in [5.74, 6) is -2.83. The van der Waals surface area contributed by atoms with Crippen LogP contribution in [0.2, 0.25) is 18.1 Å². The van der Waals surface area contributed by atoms with E-state index in [2.05, 4.69) is 44.5 Å². The molecular formula is C32H51N5O8Si. The van der Waals surface area contributed by atoms with Gasteiger partial charge in [0.2, 0.25) is 23.6 Å². The van der Waals surface area contributed by atoms with Crippen LogP contribution in [-0.4, -0.2) is 103 Å². The molecule has 0 aliphatic carbocycles. The van der Waals surface area contributed by atoms with Crippen LogP contribution < -0.4 is 16.4 Å². The normalized spacial score (nSPS) is 21.2. The first-order chi connectivity index (χ1) is 21.4. The predicted octanol–water partition coefficient (Wildman–Crippen LogP) is 1.74. The molecule has 0 spiro atoms. The van der Waals surface area contributed by atoms with E-state index in [1.807, 2.05) is 30.3 Å². The molecule has 1 aromatic carbocycles. The third-order valence-electron chi connectivity index (χ3n) is 9.31. The molecule has 0 unspecified atom stereocenters. The molecule has 256 valence electrons. The quantitative estimate of drug-likeness (QED) is 0.245. The second-order valence-corrected chi connectivity index (χ2v) is 18.7. The molecular weight excluding hydrogens is 610 g/mol. The van der Waals surface area contributed by atoms with Crippen molar-refractivity contribution in [2.75, 3.05) is 26.2 Å². The lowest BCUT2D eigenvalue weighted by Crippen LogP contribution is -2.57. The summed E-state index contributed by atoms with van der Waals surface area (Å²) in [5, 5.41) is 14.9. The first kappa shape index (κ1) is 37.0. The summed E-state index contributed by atoms with van der Waals surface area (Å²) in [4.78, 5) is 67.8. The molecule has 14 heteroatoms. The fourth-order valence-electron chi connectivity index (χ4n) is 5.47. The number of aliphatic hydroxyl groups is 1. The molecule has 5 N–H and O–H groups in total. The summed E-state index contributed by atoms with van der Waals surface area (Å²) in [6, 6.07) is 6.98. The molecule has 46 heavy (non-hydrogen) atoms. The van der Waals surface area contributed by atoms with E-state index >= 15 is 0 Å². The topological polar surface area (TPSA) is 181 Å². The molecule has 2 fully saturated rings. The Balaban J connectivity index is 1.65. The monoisotopic (exact) mass is 661 g/mol. The number of nitrogens with zero attached hydrogens (tertiary/aromatic N) is 2. The van der Waals surface area contributed by atoms with Crippen LogP contribution in [0.1, 0.15) is 53.0 Å². The Kier molecular flexibility index (Phi) is 12.4. The van der Waals surface area contributed by atoms with Gasteiger partial charge < -0.3 is 40.4 Å². The smallest absolute Gasteiger partial charge is 0.408 e. The Morgan fingerprint density at radius 2 is 1.54 bits per heavy atom. The lowest BCUT2D eigenvalue weighted by molar-refractivity contribution is -0.136.